The predicted molar refractivity (Wildman–Crippen MR) is 106 cm³/mol. The van der Waals surface area contributed by atoms with E-state index in [2.05, 4.69) is 20.9 Å². The first-order chi connectivity index (χ1) is 14.1. The third kappa shape index (κ3) is 3.58. The zero-order chi connectivity index (χ0) is 21.7. The number of benzene rings is 1. The van der Waals surface area contributed by atoms with Crippen molar-refractivity contribution in [2.45, 2.75) is 31.7 Å². The van der Waals surface area contributed by atoms with Gasteiger partial charge in [-0.1, -0.05) is 6.07 Å². The van der Waals surface area contributed by atoms with E-state index in [1.165, 1.54) is 24.3 Å². The maximum Gasteiger partial charge on any atom is 0.413 e. The minimum absolute atomic E-state index is 0.0516. The molecule has 1 fully saturated rings. The summed E-state index contributed by atoms with van der Waals surface area (Å²) in [5, 5.41) is 0. The van der Waals surface area contributed by atoms with Crippen LogP contribution in [0.1, 0.15) is 12.5 Å². The molecule has 2 aliphatic heterocycles. The van der Waals surface area contributed by atoms with Gasteiger partial charge >= 0.3 is 6.18 Å². The molecule has 4 rings (SSSR count). The summed E-state index contributed by atoms with van der Waals surface area (Å²) in [6.45, 7) is 2.20. The molecule has 11 heteroatoms. The summed E-state index contributed by atoms with van der Waals surface area (Å²) < 4.78 is 62.4. The van der Waals surface area contributed by atoms with Crippen molar-refractivity contribution in [3.63, 3.8) is 0 Å². The molecule has 3 heterocycles. The quantitative estimate of drug-likeness (QED) is 0.617. The number of hydrogen-bond acceptors (Lipinski definition) is 5. The predicted octanol–water partition coefficient (Wildman–Crippen LogP) is 3.32. The molecule has 1 atom stereocenters. The van der Waals surface area contributed by atoms with Crippen molar-refractivity contribution in [1.82, 2.24) is 9.55 Å². The van der Waals surface area contributed by atoms with Gasteiger partial charge in [0.15, 0.2) is 5.54 Å². The maximum atomic E-state index is 14.1. The van der Waals surface area contributed by atoms with E-state index in [1.807, 2.05) is 4.90 Å². The summed E-state index contributed by atoms with van der Waals surface area (Å²) >= 11 is 3.07. The smallest absolute Gasteiger partial charge is 0.378 e. The average molecular weight is 491 g/mol. The Balaban J connectivity index is 1.80. The molecule has 2 aliphatic rings. The lowest BCUT2D eigenvalue weighted by atomic mass is 10.00. The third-order valence-corrected chi connectivity index (χ3v) is 6.16. The van der Waals surface area contributed by atoms with Crippen molar-refractivity contribution in [3.05, 3.63) is 50.5 Å². The Bertz CT molecular complexity index is 1020. The summed E-state index contributed by atoms with van der Waals surface area (Å²) in [6.07, 6.45) is -4.62. The molecule has 1 saturated heterocycles. The molecule has 0 radical (unpaired) electrons. The van der Waals surface area contributed by atoms with E-state index >= 15 is 0 Å². The van der Waals surface area contributed by atoms with Crippen LogP contribution in [0.5, 0.6) is 0 Å². The van der Waals surface area contributed by atoms with Crippen molar-refractivity contribution in [3.8, 4) is 0 Å². The van der Waals surface area contributed by atoms with Crippen LogP contribution in [0.15, 0.2) is 33.5 Å². The molecule has 0 saturated carbocycles. The number of ether oxygens (including phenoxy) is 1. The zero-order valence-corrected chi connectivity index (χ0v) is 17.6. The lowest BCUT2D eigenvalue weighted by molar-refractivity contribution is -0.182. The van der Waals surface area contributed by atoms with Crippen molar-refractivity contribution < 1.29 is 22.3 Å². The molecule has 6 nitrogen and oxygen atoms in total. The standard InChI is InChI=1S/C19H19BrF4N4O2/c1-18(19(22,23)24)11-27-16(29)9-15(26-4-6-30-7-5-26)25-17(27)28(18)10-12-2-3-14(21)13(20)8-12/h2-3,8-9H,4-7,10-11H2,1H3. The number of hydrogen-bond donors (Lipinski definition) is 0. The second kappa shape index (κ2) is 7.52. The lowest BCUT2D eigenvalue weighted by Crippen LogP contribution is -2.55. The van der Waals surface area contributed by atoms with Gasteiger partial charge in [-0.3, -0.25) is 9.36 Å². The van der Waals surface area contributed by atoms with Gasteiger partial charge in [0.05, 0.1) is 24.2 Å². The van der Waals surface area contributed by atoms with Crippen LogP contribution in [-0.2, 0) is 17.8 Å². The van der Waals surface area contributed by atoms with Gasteiger partial charge in [0.1, 0.15) is 11.6 Å². The van der Waals surface area contributed by atoms with Gasteiger partial charge in [0.25, 0.3) is 5.56 Å². The van der Waals surface area contributed by atoms with Crippen LogP contribution in [0.4, 0.5) is 29.3 Å². The molecule has 162 valence electrons. The first kappa shape index (κ1) is 21.1. The highest BCUT2D eigenvalue weighted by atomic mass is 79.9. The van der Waals surface area contributed by atoms with E-state index in [1.54, 1.807) is 0 Å². The number of aromatic nitrogens is 2. The van der Waals surface area contributed by atoms with Crippen molar-refractivity contribution in [1.29, 1.82) is 0 Å². The van der Waals surface area contributed by atoms with Crippen molar-refractivity contribution >= 4 is 27.7 Å². The van der Waals surface area contributed by atoms with E-state index in [0.717, 1.165) is 16.4 Å². The fraction of sp³-hybridized carbons (Fsp3) is 0.474. The molecular weight excluding hydrogens is 472 g/mol. The molecule has 0 spiro atoms. The van der Waals surface area contributed by atoms with Gasteiger partial charge < -0.3 is 14.5 Å². The normalized spacial score (nSPS) is 21.8. The van der Waals surface area contributed by atoms with Crippen LogP contribution in [0, 0.1) is 5.82 Å². The zero-order valence-electron chi connectivity index (χ0n) is 16.0. The number of halogens is 5. The molecule has 2 aromatic rings. The topological polar surface area (TPSA) is 50.6 Å². The highest BCUT2D eigenvalue weighted by Crippen LogP contribution is 2.44. The third-order valence-electron chi connectivity index (χ3n) is 5.55. The summed E-state index contributed by atoms with van der Waals surface area (Å²) in [4.78, 5) is 20.0. The van der Waals surface area contributed by atoms with Crippen LogP contribution in [0.25, 0.3) is 0 Å². The SMILES string of the molecule is CC1(C(F)(F)F)Cn2c(nc(N3CCOCC3)cc2=O)N1Cc1ccc(F)c(Br)c1. The molecule has 30 heavy (non-hydrogen) atoms. The number of alkyl halides is 3. The number of morpholine rings is 1. The number of nitrogens with zero attached hydrogens (tertiary/aromatic N) is 4. The Morgan fingerprint density at radius 2 is 1.93 bits per heavy atom. The molecule has 0 N–H and O–H groups in total. The first-order valence-corrected chi connectivity index (χ1v) is 10.1. The highest BCUT2D eigenvalue weighted by molar-refractivity contribution is 9.10. The molecule has 1 aromatic heterocycles. The number of anilines is 2. The Morgan fingerprint density at radius 3 is 2.57 bits per heavy atom. The summed E-state index contributed by atoms with van der Waals surface area (Å²) in [5.41, 5.74) is -2.42. The average Bonchev–Trinajstić information content (AvgIpc) is 2.99. The largest absolute Gasteiger partial charge is 0.413 e. The van der Waals surface area contributed by atoms with Crippen molar-refractivity contribution in [2.24, 2.45) is 0 Å². The van der Waals surface area contributed by atoms with Crippen LogP contribution in [-0.4, -0.2) is 47.6 Å². The second-order valence-corrected chi connectivity index (χ2v) is 8.40. The Kier molecular flexibility index (Phi) is 5.29. The summed E-state index contributed by atoms with van der Waals surface area (Å²) in [5.74, 6) is -0.237. The Hall–Kier alpha value is -2.14. The number of fused-ring (bicyclic) bond motifs is 1. The first-order valence-electron chi connectivity index (χ1n) is 9.33. The Morgan fingerprint density at radius 1 is 1.23 bits per heavy atom. The van der Waals surface area contributed by atoms with Gasteiger partial charge in [0.2, 0.25) is 5.95 Å². The second-order valence-electron chi connectivity index (χ2n) is 7.54. The van der Waals surface area contributed by atoms with E-state index in [-0.39, 0.29) is 17.0 Å². The van der Waals surface area contributed by atoms with Gasteiger partial charge in [-0.25, -0.2) is 4.39 Å². The molecular formula is C19H19BrF4N4O2. The van der Waals surface area contributed by atoms with E-state index < -0.39 is 29.6 Å². The fourth-order valence-electron chi connectivity index (χ4n) is 3.71. The maximum absolute atomic E-state index is 14.1. The van der Waals surface area contributed by atoms with E-state index in [4.69, 9.17) is 4.74 Å². The number of rotatable bonds is 3. The van der Waals surface area contributed by atoms with E-state index in [0.29, 0.717) is 37.7 Å². The highest BCUT2D eigenvalue weighted by Gasteiger charge is 2.59. The molecule has 0 amide bonds. The van der Waals surface area contributed by atoms with Crippen molar-refractivity contribution in [2.75, 3.05) is 36.1 Å². The van der Waals surface area contributed by atoms with Gasteiger partial charge in [-0.15, -0.1) is 0 Å². The molecule has 1 aromatic carbocycles. The van der Waals surface area contributed by atoms with Gasteiger partial charge in [0, 0.05) is 25.7 Å². The fourth-order valence-corrected chi connectivity index (χ4v) is 4.14. The molecule has 0 aliphatic carbocycles. The van der Waals surface area contributed by atoms with Crippen LogP contribution in [0.3, 0.4) is 0 Å². The lowest BCUT2D eigenvalue weighted by Gasteiger charge is -2.37. The van der Waals surface area contributed by atoms with E-state index in [9.17, 15) is 22.4 Å². The summed E-state index contributed by atoms with van der Waals surface area (Å²) in [6, 6.07) is 5.30. The molecule has 1 unspecified atom stereocenters. The summed E-state index contributed by atoms with van der Waals surface area (Å²) in [7, 11) is 0. The van der Waals surface area contributed by atoms with Gasteiger partial charge in [-0.05, 0) is 40.5 Å². The van der Waals surface area contributed by atoms with Crippen LogP contribution >= 0.6 is 15.9 Å². The Labute approximate surface area is 178 Å². The van der Waals surface area contributed by atoms with Gasteiger partial charge in [-0.2, -0.15) is 18.2 Å². The minimum Gasteiger partial charge on any atom is -0.378 e. The minimum atomic E-state index is -4.62. The monoisotopic (exact) mass is 490 g/mol. The van der Waals surface area contributed by atoms with Crippen LogP contribution in [0.2, 0.25) is 0 Å². The molecule has 0 bridgehead atoms. The van der Waals surface area contributed by atoms with Crippen LogP contribution < -0.4 is 15.4 Å².